The highest BCUT2D eigenvalue weighted by Gasteiger charge is 2.20. The molecule has 164 valence electrons. The van der Waals surface area contributed by atoms with Crippen LogP contribution in [-0.2, 0) is 22.6 Å². The number of hydrogen-bond acceptors (Lipinski definition) is 6. The van der Waals surface area contributed by atoms with Crippen molar-refractivity contribution in [3.8, 4) is 17.1 Å². The van der Waals surface area contributed by atoms with Crippen LogP contribution in [0.15, 0.2) is 59.1 Å². The van der Waals surface area contributed by atoms with E-state index in [4.69, 9.17) is 14.0 Å². The van der Waals surface area contributed by atoms with Gasteiger partial charge in [0.05, 0.1) is 13.7 Å². The second kappa shape index (κ2) is 11.3. The van der Waals surface area contributed by atoms with Gasteiger partial charge in [-0.3, -0.25) is 4.79 Å². The van der Waals surface area contributed by atoms with Crippen LogP contribution in [0.4, 0.5) is 0 Å². The van der Waals surface area contributed by atoms with E-state index in [-0.39, 0.29) is 18.6 Å². The Bertz CT molecular complexity index is 958. The Hall–Kier alpha value is -3.19. The number of rotatable bonds is 11. The first kappa shape index (κ1) is 22.5. The van der Waals surface area contributed by atoms with Crippen molar-refractivity contribution < 1.29 is 18.8 Å². The van der Waals surface area contributed by atoms with Crippen molar-refractivity contribution in [2.75, 3.05) is 20.3 Å². The van der Waals surface area contributed by atoms with Crippen molar-refractivity contribution >= 4 is 5.91 Å². The minimum atomic E-state index is -0.0437. The van der Waals surface area contributed by atoms with E-state index in [2.05, 4.69) is 17.1 Å². The highest BCUT2D eigenvalue weighted by atomic mass is 16.5. The number of carbonyl (C=O) groups excluding carboxylic acids is 1. The van der Waals surface area contributed by atoms with E-state index in [0.717, 1.165) is 23.3 Å². The van der Waals surface area contributed by atoms with Gasteiger partial charge in [0, 0.05) is 24.6 Å². The van der Waals surface area contributed by atoms with Gasteiger partial charge in [0.15, 0.2) is 0 Å². The molecule has 31 heavy (non-hydrogen) atoms. The third-order valence-electron chi connectivity index (χ3n) is 5.14. The standard InChI is InChI=1S/C24H29N3O4/c1-4-18(2)27(23(28)17-30-16-19-9-6-5-7-10-19)14-13-22-25-24(26-31-22)20-11-8-12-21(15-20)29-3/h5-12,15,18H,4,13-14,16-17H2,1-3H3/t18-/m1/s1. The molecule has 0 bridgehead atoms. The molecule has 0 fully saturated rings. The fraction of sp³-hybridized carbons (Fsp3) is 0.375. The quantitative estimate of drug-likeness (QED) is 0.461. The topological polar surface area (TPSA) is 77.7 Å². The molecule has 0 aliphatic heterocycles. The number of amides is 1. The Balaban J connectivity index is 1.57. The van der Waals surface area contributed by atoms with Crippen LogP contribution in [0.25, 0.3) is 11.4 Å². The highest BCUT2D eigenvalue weighted by Crippen LogP contribution is 2.21. The van der Waals surface area contributed by atoms with Gasteiger partial charge in [-0.05, 0) is 31.0 Å². The van der Waals surface area contributed by atoms with Crippen LogP contribution in [0.3, 0.4) is 0 Å². The predicted molar refractivity (Wildman–Crippen MR) is 118 cm³/mol. The summed E-state index contributed by atoms with van der Waals surface area (Å²) in [5.74, 6) is 1.68. The molecular formula is C24H29N3O4. The Labute approximate surface area is 183 Å². The van der Waals surface area contributed by atoms with Gasteiger partial charge in [-0.1, -0.05) is 54.5 Å². The molecule has 0 aliphatic carbocycles. The summed E-state index contributed by atoms with van der Waals surface area (Å²) in [6.07, 6.45) is 1.33. The largest absolute Gasteiger partial charge is 0.497 e. The Morgan fingerprint density at radius 2 is 1.97 bits per heavy atom. The highest BCUT2D eigenvalue weighted by molar-refractivity contribution is 5.77. The van der Waals surface area contributed by atoms with Gasteiger partial charge in [-0.2, -0.15) is 4.98 Å². The van der Waals surface area contributed by atoms with Crippen molar-refractivity contribution in [2.24, 2.45) is 0 Å². The molecule has 0 aliphatic rings. The Morgan fingerprint density at radius 3 is 2.71 bits per heavy atom. The lowest BCUT2D eigenvalue weighted by molar-refractivity contribution is -0.138. The smallest absolute Gasteiger partial charge is 0.248 e. The van der Waals surface area contributed by atoms with Gasteiger partial charge in [0.2, 0.25) is 17.6 Å². The Kier molecular flexibility index (Phi) is 8.18. The minimum Gasteiger partial charge on any atom is -0.497 e. The van der Waals surface area contributed by atoms with Crippen LogP contribution in [0.1, 0.15) is 31.7 Å². The maximum absolute atomic E-state index is 12.8. The summed E-state index contributed by atoms with van der Waals surface area (Å²) < 4.78 is 16.3. The van der Waals surface area contributed by atoms with E-state index < -0.39 is 0 Å². The van der Waals surface area contributed by atoms with Gasteiger partial charge < -0.3 is 18.9 Å². The SMILES string of the molecule is CC[C@@H](C)N(CCc1nc(-c2cccc(OC)c2)no1)C(=O)COCc1ccccc1. The molecule has 0 saturated carbocycles. The molecule has 0 spiro atoms. The van der Waals surface area contributed by atoms with Crippen molar-refractivity contribution in [1.29, 1.82) is 0 Å². The lowest BCUT2D eigenvalue weighted by Gasteiger charge is -2.28. The number of methoxy groups -OCH3 is 1. The molecule has 1 amide bonds. The zero-order valence-electron chi connectivity index (χ0n) is 18.3. The van der Waals surface area contributed by atoms with Crippen molar-refractivity contribution in [1.82, 2.24) is 15.0 Å². The zero-order chi connectivity index (χ0) is 22.1. The molecule has 0 radical (unpaired) electrons. The van der Waals surface area contributed by atoms with Crippen LogP contribution in [0.2, 0.25) is 0 Å². The minimum absolute atomic E-state index is 0.0398. The monoisotopic (exact) mass is 423 g/mol. The molecule has 0 N–H and O–H groups in total. The lowest BCUT2D eigenvalue weighted by Crippen LogP contribution is -2.41. The molecular weight excluding hydrogens is 394 g/mol. The summed E-state index contributed by atoms with van der Waals surface area (Å²) in [4.78, 5) is 19.1. The van der Waals surface area contributed by atoms with Crippen LogP contribution >= 0.6 is 0 Å². The molecule has 0 saturated heterocycles. The number of carbonyl (C=O) groups is 1. The first-order chi connectivity index (χ1) is 15.1. The van der Waals surface area contributed by atoms with E-state index in [1.807, 2.05) is 66.4 Å². The first-order valence-electron chi connectivity index (χ1n) is 10.5. The third kappa shape index (κ3) is 6.39. The van der Waals surface area contributed by atoms with E-state index in [1.165, 1.54) is 0 Å². The summed E-state index contributed by atoms with van der Waals surface area (Å²) >= 11 is 0. The fourth-order valence-corrected chi connectivity index (χ4v) is 3.18. The summed E-state index contributed by atoms with van der Waals surface area (Å²) in [5, 5.41) is 4.06. The van der Waals surface area contributed by atoms with Gasteiger partial charge in [-0.15, -0.1) is 0 Å². The van der Waals surface area contributed by atoms with Crippen molar-refractivity contribution in [2.45, 2.75) is 39.3 Å². The van der Waals surface area contributed by atoms with E-state index in [0.29, 0.717) is 31.3 Å². The third-order valence-corrected chi connectivity index (χ3v) is 5.14. The molecule has 7 nitrogen and oxygen atoms in total. The molecule has 1 atom stereocenters. The predicted octanol–water partition coefficient (Wildman–Crippen LogP) is 4.13. The lowest BCUT2D eigenvalue weighted by atomic mass is 10.2. The molecule has 3 rings (SSSR count). The summed E-state index contributed by atoms with van der Waals surface area (Å²) in [5.41, 5.74) is 1.86. The van der Waals surface area contributed by atoms with E-state index in [9.17, 15) is 4.79 Å². The van der Waals surface area contributed by atoms with Crippen molar-refractivity contribution in [3.63, 3.8) is 0 Å². The number of nitrogens with zero attached hydrogens (tertiary/aromatic N) is 3. The Morgan fingerprint density at radius 1 is 1.16 bits per heavy atom. The molecule has 0 unspecified atom stereocenters. The number of hydrogen-bond donors (Lipinski definition) is 0. The fourth-order valence-electron chi connectivity index (χ4n) is 3.18. The van der Waals surface area contributed by atoms with Gasteiger partial charge in [0.25, 0.3) is 0 Å². The van der Waals surface area contributed by atoms with E-state index >= 15 is 0 Å². The van der Waals surface area contributed by atoms with Gasteiger partial charge in [-0.25, -0.2) is 0 Å². The summed E-state index contributed by atoms with van der Waals surface area (Å²) in [6.45, 7) is 5.03. The second-order valence-electron chi connectivity index (χ2n) is 7.32. The average Bonchev–Trinajstić information content (AvgIpc) is 3.29. The molecule has 1 aromatic heterocycles. The molecule has 3 aromatic rings. The average molecular weight is 424 g/mol. The zero-order valence-corrected chi connectivity index (χ0v) is 18.3. The van der Waals surface area contributed by atoms with Crippen LogP contribution in [0, 0.1) is 0 Å². The van der Waals surface area contributed by atoms with Crippen LogP contribution < -0.4 is 4.74 Å². The number of ether oxygens (including phenoxy) is 2. The summed E-state index contributed by atoms with van der Waals surface area (Å²) in [6, 6.07) is 17.4. The van der Waals surface area contributed by atoms with Crippen LogP contribution in [-0.4, -0.2) is 47.3 Å². The molecule has 7 heteroatoms. The number of benzene rings is 2. The maximum atomic E-state index is 12.8. The summed E-state index contributed by atoms with van der Waals surface area (Å²) in [7, 11) is 1.62. The van der Waals surface area contributed by atoms with Crippen molar-refractivity contribution in [3.05, 3.63) is 66.1 Å². The maximum Gasteiger partial charge on any atom is 0.248 e. The van der Waals surface area contributed by atoms with Crippen LogP contribution in [0.5, 0.6) is 5.75 Å². The van der Waals surface area contributed by atoms with Gasteiger partial charge in [0.1, 0.15) is 12.4 Å². The first-order valence-corrected chi connectivity index (χ1v) is 10.5. The number of aromatic nitrogens is 2. The second-order valence-corrected chi connectivity index (χ2v) is 7.32. The van der Waals surface area contributed by atoms with Gasteiger partial charge >= 0.3 is 0 Å². The normalized spacial score (nSPS) is 11.8. The molecule has 1 heterocycles. The molecule has 2 aromatic carbocycles. The van der Waals surface area contributed by atoms with E-state index in [1.54, 1.807) is 7.11 Å².